The molecule has 0 heterocycles. The third-order valence-electron chi connectivity index (χ3n) is 4.41. The summed E-state index contributed by atoms with van der Waals surface area (Å²) in [6.45, 7) is 0.567. The average molecular weight is 318 g/mol. The molecule has 0 aromatic heterocycles. The van der Waals surface area contributed by atoms with Gasteiger partial charge in [0.15, 0.2) is 0 Å². The molecule has 23 heavy (non-hydrogen) atoms. The summed E-state index contributed by atoms with van der Waals surface area (Å²) in [6.07, 6.45) is 5.62. The summed E-state index contributed by atoms with van der Waals surface area (Å²) >= 11 is 0. The highest BCUT2D eigenvalue weighted by molar-refractivity contribution is 6.35. The largest absolute Gasteiger partial charge is 0.391 e. The van der Waals surface area contributed by atoms with Gasteiger partial charge in [0.1, 0.15) is 0 Å². The molecule has 1 unspecified atom stereocenters. The molecule has 1 aromatic rings. The second-order valence-electron chi connectivity index (χ2n) is 6.17. The standard InChI is InChI=1S/C18H26N2O3/c21-16(15-9-5-2-6-10-15)13-20-18(23)17(22)19-12-11-14-7-3-1-4-8-14/h1,3-4,7-8,15-16,21H,2,5-6,9-13H2,(H,19,22)(H,20,23). The maximum atomic E-state index is 11.7. The molecule has 0 aliphatic heterocycles. The highest BCUT2D eigenvalue weighted by Gasteiger charge is 2.23. The Morgan fingerprint density at radius 1 is 1.04 bits per heavy atom. The fourth-order valence-corrected chi connectivity index (χ4v) is 3.01. The van der Waals surface area contributed by atoms with Crippen molar-refractivity contribution in [2.75, 3.05) is 13.1 Å². The Morgan fingerprint density at radius 2 is 1.70 bits per heavy atom. The molecule has 0 saturated heterocycles. The van der Waals surface area contributed by atoms with Crippen molar-refractivity contribution >= 4 is 11.8 Å². The summed E-state index contributed by atoms with van der Waals surface area (Å²) in [4.78, 5) is 23.5. The van der Waals surface area contributed by atoms with Gasteiger partial charge in [-0.3, -0.25) is 9.59 Å². The van der Waals surface area contributed by atoms with Crippen molar-refractivity contribution in [3.05, 3.63) is 35.9 Å². The molecule has 2 rings (SSSR count). The summed E-state index contributed by atoms with van der Waals surface area (Å²) in [5, 5.41) is 15.2. The predicted octanol–water partition coefficient (Wildman–Crippen LogP) is 1.40. The van der Waals surface area contributed by atoms with Gasteiger partial charge in [-0.1, -0.05) is 49.6 Å². The van der Waals surface area contributed by atoms with Crippen molar-refractivity contribution in [3.8, 4) is 0 Å². The van der Waals surface area contributed by atoms with Crippen LogP contribution in [0, 0.1) is 5.92 Å². The van der Waals surface area contributed by atoms with Crippen LogP contribution in [0.1, 0.15) is 37.7 Å². The Kier molecular flexibility index (Phi) is 7.07. The first-order chi connectivity index (χ1) is 11.2. The second-order valence-corrected chi connectivity index (χ2v) is 6.17. The van der Waals surface area contributed by atoms with E-state index in [-0.39, 0.29) is 12.5 Å². The number of carbonyl (C=O) groups excluding carboxylic acids is 2. The minimum atomic E-state index is -0.673. The third kappa shape index (κ3) is 6.02. The van der Waals surface area contributed by atoms with Crippen LogP contribution in [-0.4, -0.2) is 36.1 Å². The summed E-state index contributed by atoms with van der Waals surface area (Å²) in [5.74, 6) is -1.07. The Morgan fingerprint density at radius 3 is 2.39 bits per heavy atom. The van der Waals surface area contributed by atoms with Gasteiger partial charge in [-0.25, -0.2) is 0 Å². The van der Waals surface area contributed by atoms with E-state index in [1.54, 1.807) is 0 Å². The van der Waals surface area contributed by atoms with Gasteiger partial charge >= 0.3 is 11.8 Å². The molecule has 1 saturated carbocycles. The zero-order chi connectivity index (χ0) is 16.5. The lowest BCUT2D eigenvalue weighted by Crippen LogP contribution is -2.44. The molecular formula is C18H26N2O3. The predicted molar refractivity (Wildman–Crippen MR) is 88.7 cm³/mol. The fourth-order valence-electron chi connectivity index (χ4n) is 3.01. The summed E-state index contributed by atoms with van der Waals surface area (Å²) < 4.78 is 0. The van der Waals surface area contributed by atoms with Crippen LogP contribution in [0.25, 0.3) is 0 Å². The number of carbonyl (C=O) groups is 2. The Bertz CT molecular complexity index is 498. The molecule has 0 spiro atoms. The van der Waals surface area contributed by atoms with Crippen LogP contribution in [0.2, 0.25) is 0 Å². The highest BCUT2D eigenvalue weighted by atomic mass is 16.3. The molecule has 126 valence electrons. The van der Waals surface area contributed by atoms with E-state index in [9.17, 15) is 14.7 Å². The van der Waals surface area contributed by atoms with Gasteiger partial charge in [0, 0.05) is 13.1 Å². The molecular weight excluding hydrogens is 292 g/mol. The fraction of sp³-hybridized carbons (Fsp3) is 0.556. The number of hydrogen-bond donors (Lipinski definition) is 3. The molecule has 0 radical (unpaired) electrons. The number of aliphatic hydroxyl groups excluding tert-OH is 1. The molecule has 1 aromatic carbocycles. The summed E-state index contributed by atoms with van der Waals surface area (Å²) in [7, 11) is 0. The molecule has 5 heteroatoms. The van der Waals surface area contributed by atoms with Crippen molar-refractivity contribution in [1.29, 1.82) is 0 Å². The molecule has 0 bridgehead atoms. The highest BCUT2D eigenvalue weighted by Crippen LogP contribution is 2.26. The van der Waals surface area contributed by atoms with Gasteiger partial charge in [0.2, 0.25) is 0 Å². The van der Waals surface area contributed by atoms with Crippen LogP contribution < -0.4 is 10.6 Å². The van der Waals surface area contributed by atoms with E-state index in [2.05, 4.69) is 10.6 Å². The van der Waals surface area contributed by atoms with Gasteiger partial charge in [0.05, 0.1) is 6.10 Å². The normalized spacial score (nSPS) is 16.6. The van der Waals surface area contributed by atoms with Crippen LogP contribution >= 0.6 is 0 Å². The number of amides is 2. The van der Waals surface area contributed by atoms with Crippen LogP contribution in [-0.2, 0) is 16.0 Å². The van der Waals surface area contributed by atoms with Gasteiger partial charge < -0.3 is 15.7 Å². The molecule has 1 atom stereocenters. The number of benzene rings is 1. The molecule has 3 N–H and O–H groups in total. The third-order valence-corrected chi connectivity index (χ3v) is 4.41. The minimum absolute atomic E-state index is 0.148. The van der Waals surface area contributed by atoms with Gasteiger partial charge in [-0.15, -0.1) is 0 Å². The Labute approximate surface area is 137 Å². The van der Waals surface area contributed by atoms with Gasteiger partial charge in [-0.2, -0.15) is 0 Å². The van der Waals surface area contributed by atoms with E-state index in [1.807, 2.05) is 30.3 Å². The first-order valence-corrected chi connectivity index (χ1v) is 8.45. The summed E-state index contributed by atoms with van der Waals surface area (Å²) in [6, 6.07) is 9.78. The molecule has 2 amide bonds. The zero-order valence-corrected chi connectivity index (χ0v) is 13.5. The van der Waals surface area contributed by atoms with E-state index >= 15 is 0 Å². The SMILES string of the molecule is O=C(NCCc1ccccc1)C(=O)NCC(O)C1CCCCC1. The number of nitrogens with one attached hydrogen (secondary N) is 2. The molecule has 1 aliphatic carbocycles. The molecule has 1 fully saturated rings. The van der Waals surface area contributed by atoms with E-state index in [0.29, 0.717) is 13.0 Å². The lowest BCUT2D eigenvalue weighted by Gasteiger charge is -2.26. The maximum Gasteiger partial charge on any atom is 0.309 e. The number of aliphatic hydroxyl groups is 1. The average Bonchev–Trinajstić information content (AvgIpc) is 2.61. The van der Waals surface area contributed by atoms with Gasteiger partial charge in [-0.05, 0) is 30.7 Å². The van der Waals surface area contributed by atoms with Crippen molar-refractivity contribution in [1.82, 2.24) is 10.6 Å². The Balaban J connectivity index is 1.63. The van der Waals surface area contributed by atoms with Crippen LogP contribution in [0.15, 0.2) is 30.3 Å². The zero-order valence-electron chi connectivity index (χ0n) is 13.5. The first-order valence-electron chi connectivity index (χ1n) is 8.45. The number of hydrogen-bond acceptors (Lipinski definition) is 3. The monoisotopic (exact) mass is 318 g/mol. The smallest absolute Gasteiger partial charge is 0.309 e. The van der Waals surface area contributed by atoms with Crippen molar-refractivity contribution in [2.45, 2.75) is 44.6 Å². The topological polar surface area (TPSA) is 78.4 Å². The Hall–Kier alpha value is -1.88. The van der Waals surface area contributed by atoms with Crippen molar-refractivity contribution in [2.24, 2.45) is 5.92 Å². The van der Waals surface area contributed by atoms with Crippen molar-refractivity contribution < 1.29 is 14.7 Å². The first kappa shape index (κ1) is 17.5. The maximum absolute atomic E-state index is 11.7. The number of rotatable bonds is 6. The van der Waals surface area contributed by atoms with E-state index < -0.39 is 17.9 Å². The van der Waals surface area contributed by atoms with Crippen molar-refractivity contribution in [3.63, 3.8) is 0 Å². The lowest BCUT2D eigenvalue weighted by molar-refractivity contribution is -0.139. The van der Waals surface area contributed by atoms with E-state index in [1.165, 1.54) is 6.42 Å². The van der Waals surface area contributed by atoms with Crippen LogP contribution in [0.5, 0.6) is 0 Å². The lowest BCUT2D eigenvalue weighted by atomic mass is 9.85. The van der Waals surface area contributed by atoms with Crippen LogP contribution in [0.3, 0.4) is 0 Å². The summed E-state index contributed by atoms with van der Waals surface area (Å²) in [5.41, 5.74) is 1.11. The molecule has 1 aliphatic rings. The molecule has 5 nitrogen and oxygen atoms in total. The quantitative estimate of drug-likeness (QED) is 0.694. The van der Waals surface area contributed by atoms with E-state index in [4.69, 9.17) is 0 Å². The van der Waals surface area contributed by atoms with E-state index in [0.717, 1.165) is 31.2 Å². The van der Waals surface area contributed by atoms with Crippen LogP contribution in [0.4, 0.5) is 0 Å². The van der Waals surface area contributed by atoms with Gasteiger partial charge in [0.25, 0.3) is 0 Å². The second kappa shape index (κ2) is 9.30. The minimum Gasteiger partial charge on any atom is -0.391 e.